The van der Waals surface area contributed by atoms with Gasteiger partial charge in [-0.05, 0) is 98.2 Å². The van der Waals surface area contributed by atoms with Gasteiger partial charge in [0, 0.05) is 40.5 Å². The van der Waals surface area contributed by atoms with Crippen molar-refractivity contribution in [3.8, 4) is 0 Å². The van der Waals surface area contributed by atoms with Gasteiger partial charge in [0.25, 0.3) is 0 Å². The molecular formula is C41H42N4O8. The average molecular weight is 719 g/mol. The number of hydrogen-bond donors (Lipinski definition) is 3. The second-order valence-electron chi connectivity index (χ2n) is 13.5. The summed E-state index contributed by atoms with van der Waals surface area (Å²) in [5.74, 6) is -3.68. The summed E-state index contributed by atoms with van der Waals surface area (Å²) in [5.41, 5.74) is 9.92. The molecule has 8 bridgehead atoms. The van der Waals surface area contributed by atoms with E-state index in [1.807, 2.05) is 52.0 Å². The second kappa shape index (κ2) is 14.2. The normalized spacial score (nSPS) is 17.8. The molecule has 0 aromatic carbocycles. The van der Waals surface area contributed by atoms with Crippen molar-refractivity contribution < 1.29 is 38.5 Å². The third-order valence-electron chi connectivity index (χ3n) is 10.7. The van der Waals surface area contributed by atoms with Gasteiger partial charge in [0.15, 0.2) is 0 Å². The molecule has 0 saturated heterocycles. The van der Waals surface area contributed by atoms with Gasteiger partial charge in [-0.1, -0.05) is 24.8 Å². The molecule has 3 aliphatic rings. The number of carbonyl (C=O) groups excluding carboxylic acids is 3. The van der Waals surface area contributed by atoms with Crippen LogP contribution in [0.5, 0.6) is 0 Å². The number of carboxylic acid groups (broad SMARTS) is 1. The van der Waals surface area contributed by atoms with Gasteiger partial charge in [0.1, 0.15) is 5.92 Å². The molecule has 0 radical (unpaired) electrons. The van der Waals surface area contributed by atoms with Gasteiger partial charge in [0.2, 0.25) is 0 Å². The SMILES string of the molecule is C=Cc1c(C)c2cc3nc(cc4[nH]c(cc5nc(cc1[nH]2)C(C)=C5CCC(=O)OC)c(CCC(=O)O)c4C)[C@@]1(C)C3=CC=C(C(=O)OC)C1C(=O)OC. The Hall–Kier alpha value is -6.04. The molecule has 12 heteroatoms. The first kappa shape index (κ1) is 36.7. The number of aryl methyl sites for hydroxylation is 3. The van der Waals surface area contributed by atoms with E-state index in [2.05, 4.69) is 16.5 Å². The fraction of sp³-hybridized carbons (Fsp3) is 0.317. The molecule has 3 N–H and O–H groups in total. The summed E-state index contributed by atoms with van der Waals surface area (Å²) in [6.07, 6.45) is 5.78. The molecule has 6 rings (SSSR count). The van der Waals surface area contributed by atoms with E-state index in [-0.39, 0.29) is 30.8 Å². The summed E-state index contributed by atoms with van der Waals surface area (Å²) >= 11 is 0. The van der Waals surface area contributed by atoms with Crippen LogP contribution in [0.25, 0.3) is 44.9 Å². The first-order valence-electron chi connectivity index (χ1n) is 17.2. The Balaban J connectivity index is 1.77. The third kappa shape index (κ3) is 6.28. The molecule has 3 aromatic rings. The van der Waals surface area contributed by atoms with Crippen LogP contribution in [0.1, 0.15) is 78.1 Å². The molecule has 0 saturated carbocycles. The minimum Gasteiger partial charge on any atom is -0.481 e. The molecule has 12 nitrogen and oxygen atoms in total. The van der Waals surface area contributed by atoms with E-state index < -0.39 is 29.2 Å². The maximum absolute atomic E-state index is 13.7. The van der Waals surface area contributed by atoms with Crippen molar-refractivity contribution in [1.82, 2.24) is 19.9 Å². The van der Waals surface area contributed by atoms with E-state index in [1.165, 1.54) is 21.3 Å². The standard InChI is InChI=1S/C41H42N4O8/c1-9-23-20(2)29-17-34-27-13-10-26(39(49)52-7)38(40(50)53-8)41(27,5)35(45-34)19-30-22(4)24(11-14-36(46)47)32(44-30)18-33-25(12-15-37(48)51-6)21(3)28(43-33)16-31(23)42-29/h9-10,13,16-19,38,42,44H,1,11-12,14-15H2,2-8H3,(H,46,47)/t38?,41-/m1/s1. The van der Waals surface area contributed by atoms with Crippen molar-refractivity contribution in [2.75, 3.05) is 21.3 Å². The number of H-pyrrole nitrogens is 2. The van der Waals surface area contributed by atoms with Crippen LogP contribution in [0, 0.1) is 19.8 Å². The number of fused-ring (bicyclic) bond motifs is 11. The van der Waals surface area contributed by atoms with Gasteiger partial charge in [-0.2, -0.15) is 0 Å². The van der Waals surface area contributed by atoms with Gasteiger partial charge in [-0.3, -0.25) is 19.4 Å². The molecule has 3 aromatic heterocycles. The molecule has 53 heavy (non-hydrogen) atoms. The van der Waals surface area contributed by atoms with Gasteiger partial charge in [-0.15, -0.1) is 0 Å². The number of carboxylic acids is 1. The summed E-state index contributed by atoms with van der Waals surface area (Å²) < 4.78 is 15.3. The zero-order valence-electron chi connectivity index (χ0n) is 30.9. The van der Waals surface area contributed by atoms with Crippen LogP contribution < -0.4 is 0 Å². The highest BCUT2D eigenvalue weighted by molar-refractivity contribution is 6.02. The number of hydrogen-bond acceptors (Lipinski definition) is 9. The van der Waals surface area contributed by atoms with Gasteiger partial charge in [-0.25, -0.2) is 9.78 Å². The lowest BCUT2D eigenvalue weighted by atomic mass is 9.64. The highest BCUT2D eigenvalue weighted by Crippen LogP contribution is 2.52. The lowest BCUT2D eigenvalue weighted by molar-refractivity contribution is -0.149. The molecule has 0 amide bonds. The minimum atomic E-state index is -1.18. The Kier molecular flexibility index (Phi) is 9.83. The maximum atomic E-state index is 13.7. The van der Waals surface area contributed by atoms with Crippen LogP contribution in [0.3, 0.4) is 0 Å². The van der Waals surface area contributed by atoms with Crippen LogP contribution in [0.2, 0.25) is 0 Å². The number of ether oxygens (including phenoxy) is 3. The van der Waals surface area contributed by atoms with Crippen molar-refractivity contribution in [1.29, 1.82) is 0 Å². The molecule has 0 spiro atoms. The first-order chi connectivity index (χ1) is 25.3. The molecule has 2 atom stereocenters. The lowest BCUT2D eigenvalue weighted by Gasteiger charge is -2.36. The van der Waals surface area contributed by atoms with Crippen molar-refractivity contribution in [3.05, 3.63) is 93.6 Å². The number of aromatic nitrogens is 4. The van der Waals surface area contributed by atoms with Gasteiger partial charge >= 0.3 is 23.9 Å². The molecule has 0 fully saturated rings. The van der Waals surface area contributed by atoms with Crippen LogP contribution in [0.15, 0.2) is 48.6 Å². The fourth-order valence-electron chi connectivity index (χ4n) is 7.68. The van der Waals surface area contributed by atoms with Crippen LogP contribution >= 0.6 is 0 Å². The van der Waals surface area contributed by atoms with E-state index in [9.17, 15) is 24.3 Å². The largest absolute Gasteiger partial charge is 0.481 e. The zero-order chi connectivity index (χ0) is 38.4. The monoisotopic (exact) mass is 718 g/mol. The van der Waals surface area contributed by atoms with E-state index in [4.69, 9.17) is 24.2 Å². The average Bonchev–Trinajstić information content (AvgIpc) is 3.79. The van der Waals surface area contributed by atoms with Crippen LogP contribution in [0.4, 0.5) is 0 Å². The highest BCUT2D eigenvalue weighted by atomic mass is 16.5. The number of allylic oxidation sites excluding steroid dienone is 5. The Morgan fingerprint density at radius 2 is 1.51 bits per heavy atom. The van der Waals surface area contributed by atoms with Gasteiger partial charge in [0.05, 0.1) is 55.1 Å². The number of esters is 3. The smallest absolute Gasteiger partial charge is 0.334 e. The summed E-state index contributed by atoms with van der Waals surface area (Å²) in [6, 6.07) is 7.59. The summed E-state index contributed by atoms with van der Waals surface area (Å²) in [5, 5.41) is 9.68. The summed E-state index contributed by atoms with van der Waals surface area (Å²) in [4.78, 5) is 68.1. The highest BCUT2D eigenvalue weighted by Gasteiger charge is 2.53. The maximum Gasteiger partial charge on any atom is 0.334 e. The van der Waals surface area contributed by atoms with E-state index in [0.717, 1.165) is 44.4 Å². The van der Waals surface area contributed by atoms with Gasteiger partial charge < -0.3 is 29.3 Å². The molecule has 5 heterocycles. The van der Waals surface area contributed by atoms with Crippen molar-refractivity contribution >= 4 is 68.7 Å². The number of methoxy groups -OCH3 is 3. The molecule has 274 valence electrons. The molecule has 2 aliphatic heterocycles. The van der Waals surface area contributed by atoms with E-state index >= 15 is 0 Å². The zero-order valence-corrected chi connectivity index (χ0v) is 30.9. The predicted octanol–water partition coefficient (Wildman–Crippen LogP) is 6.72. The fourth-order valence-corrected chi connectivity index (χ4v) is 7.68. The first-order valence-corrected chi connectivity index (χ1v) is 17.2. The number of aromatic amines is 2. The summed E-state index contributed by atoms with van der Waals surface area (Å²) in [6.45, 7) is 11.8. The Labute approximate surface area is 306 Å². The predicted molar refractivity (Wildman–Crippen MR) is 201 cm³/mol. The van der Waals surface area contributed by atoms with Crippen LogP contribution in [-0.4, -0.2) is 70.2 Å². The topological polar surface area (TPSA) is 174 Å². The number of nitrogens with zero attached hydrogens (tertiary/aromatic N) is 2. The number of nitrogens with one attached hydrogen (secondary N) is 2. The minimum absolute atomic E-state index is 0.116. The van der Waals surface area contributed by atoms with Crippen LogP contribution in [-0.2, 0) is 45.2 Å². The molecule has 1 aliphatic carbocycles. The second-order valence-corrected chi connectivity index (χ2v) is 13.5. The Morgan fingerprint density at radius 1 is 0.830 bits per heavy atom. The quantitative estimate of drug-likeness (QED) is 0.159. The van der Waals surface area contributed by atoms with Crippen molar-refractivity contribution in [3.63, 3.8) is 0 Å². The Morgan fingerprint density at radius 3 is 2.17 bits per heavy atom. The molecule has 1 unspecified atom stereocenters. The Bertz CT molecular complexity index is 2370. The van der Waals surface area contributed by atoms with E-state index in [1.54, 1.807) is 18.2 Å². The number of aliphatic carboxylic acids is 1. The van der Waals surface area contributed by atoms with E-state index in [0.29, 0.717) is 45.8 Å². The van der Waals surface area contributed by atoms with Crippen molar-refractivity contribution in [2.24, 2.45) is 5.92 Å². The number of carbonyl (C=O) groups is 4. The summed E-state index contributed by atoms with van der Waals surface area (Å²) in [7, 11) is 3.89. The van der Waals surface area contributed by atoms with Crippen molar-refractivity contribution in [2.45, 2.75) is 58.8 Å². The number of rotatable bonds is 9. The third-order valence-corrected chi connectivity index (χ3v) is 10.7. The molecular weight excluding hydrogens is 676 g/mol. The lowest BCUT2D eigenvalue weighted by Crippen LogP contribution is -2.42.